The van der Waals surface area contributed by atoms with E-state index in [9.17, 15) is 5.11 Å². The molecule has 0 aliphatic carbocycles. The van der Waals surface area contributed by atoms with Crippen LogP contribution in [0.3, 0.4) is 0 Å². The van der Waals surface area contributed by atoms with E-state index in [-0.39, 0.29) is 11.0 Å². The van der Waals surface area contributed by atoms with E-state index in [2.05, 4.69) is 45.3 Å². The van der Waals surface area contributed by atoms with E-state index in [1.165, 1.54) is 0 Å². The first-order valence-corrected chi connectivity index (χ1v) is 9.91. The molecule has 1 aromatic carbocycles. The third-order valence-electron chi connectivity index (χ3n) is 4.10. The predicted octanol–water partition coefficient (Wildman–Crippen LogP) is 4.41. The van der Waals surface area contributed by atoms with E-state index in [0.29, 0.717) is 0 Å². The molecule has 0 saturated carbocycles. The van der Waals surface area contributed by atoms with Crippen molar-refractivity contribution in [3.63, 3.8) is 0 Å². The molecule has 0 amide bonds. The molecule has 0 aliphatic rings. The second-order valence-corrected chi connectivity index (χ2v) is 11.8. The third-order valence-corrected chi connectivity index (χ3v) is 8.62. The van der Waals surface area contributed by atoms with Crippen molar-refractivity contribution in [1.29, 1.82) is 0 Å². The average Bonchev–Trinajstić information content (AvgIpc) is 2.35. The zero-order valence-electron chi connectivity index (χ0n) is 13.0. The van der Waals surface area contributed by atoms with Crippen molar-refractivity contribution in [3.05, 3.63) is 35.9 Å². The fourth-order valence-electron chi connectivity index (χ4n) is 1.50. The first kappa shape index (κ1) is 16.0. The van der Waals surface area contributed by atoms with E-state index in [0.717, 1.165) is 5.56 Å². The summed E-state index contributed by atoms with van der Waals surface area (Å²) >= 11 is 0. The van der Waals surface area contributed by atoms with Gasteiger partial charge in [-0.15, -0.1) is 11.5 Å². The van der Waals surface area contributed by atoms with Crippen molar-refractivity contribution in [2.45, 2.75) is 51.9 Å². The Bertz CT molecular complexity index is 460. The Morgan fingerprint density at radius 2 is 1.63 bits per heavy atom. The van der Waals surface area contributed by atoms with Crippen LogP contribution in [0.1, 0.15) is 39.4 Å². The Balaban J connectivity index is 2.85. The standard InChI is InChI=1S/C17H26OSi/c1-14(12-13-19(5,6)17(2,3)4)16(18)15-10-8-7-9-11-15/h7-11,14,16,18H,1-6H3/t14-,16+/m0/s1. The fourth-order valence-corrected chi connectivity index (χ4v) is 2.46. The molecule has 0 unspecified atom stereocenters. The first-order valence-electron chi connectivity index (χ1n) is 6.91. The highest BCUT2D eigenvalue weighted by Gasteiger charge is 2.33. The van der Waals surface area contributed by atoms with E-state index in [1.54, 1.807) is 0 Å². The lowest BCUT2D eigenvalue weighted by atomic mass is 9.98. The van der Waals surface area contributed by atoms with Gasteiger partial charge in [-0.25, -0.2) is 0 Å². The molecule has 1 nitrogen and oxygen atoms in total. The lowest BCUT2D eigenvalue weighted by molar-refractivity contribution is 0.143. The highest BCUT2D eigenvalue weighted by molar-refractivity contribution is 6.87. The van der Waals surface area contributed by atoms with Gasteiger partial charge in [0.15, 0.2) is 0 Å². The van der Waals surface area contributed by atoms with Crippen LogP contribution >= 0.6 is 0 Å². The molecule has 0 fully saturated rings. The molecule has 0 heterocycles. The molecule has 104 valence electrons. The predicted molar refractivity (Wildman–Crippen MR) is 85.5 cm³/mol. The van der Waals surface area contributed by atoms with Crippen LogP contribution in [0.15, 0.2) is 30.3 Å². The molecule has 0 radical (unpaired) electrons. The lowest BCUT2D eigenvalue weighted by Gasteiger charge is -2.31. The summed E-state index contributed by atoms with van der Waals surface area (Å²) in [6.07, 6.45) is -0.501. The number of rotatable bonds is 2. The molecule has 0 spiro atoms. The van der Waals surface area contributed by atoms with Gasteiger partial charge in [0, 0.05) is 5.92 Å². The molecule has 1 N–H and O–H groups in total. The van der Waals surface area contributed by atoms with Crippen LogP contribution < -0.4 is 0 Å². The van der Waals surface area contributed by atoms with Gasteiger partial charge in [0.25, 0.3) is 0 Å². The van der Waals surface area contributed by atoms with Crippen LogP contribution in [0.25, 0.3) is 0 Å². The molecule has 0 aromatic heterocycles. The largest absolute Gasteiger partial charge is 0.387 e. The highest BCUT2D eigenvalue weighted by atomic mass is 28.3. The molecule has 0 bridgehead atoms. The minimum Gasteiger partial charge on any atom is -0.387 e. The number of benzene rings is 1. The molecule has 2 heteroatoms. The smallest absolute Gasteiger partial charge is 0.137 e. The molecule has 1 aromatic rings. The maximum atomic E-state index is 10.3. The van der Waals surface area contributed by atoms with E-state index in [4.69, 9.17) is 0 Å². The molecular formula is C17H26OSi. The number of hydrogen-bond donors (Lipinski definition) is 1. The summed E-state index contributed by atoms with van der Waals surface area (Å²) in [4.78, 5) is 0. The molecule has 0 saturated heterocycles. The average molecular weight is 274 g/mol. The van der Waals surface area contributed by atoms with Gasteiger partial charge in [0.1, 0.15) is 8.07 Å². The van der Waals surface area contributed by atoms with Gasteiger partial charge in [-0.1, -0.05) is 64.2 Å². The van der Waals surface area contributed by atoms with Crippen molar-refractivity contribution in [1.82, 2.24) is 0 Å². The van der Waals surface area contributed by atoms with Crippen molar-refractivity contribution < 1.29 is 5.11 Å². The quantitative estimate of drug-likeness (QED) is 0.626. The van der Waals surface area contributed by atoms with Crippen LogP contribution in [-0.2, 0) is 0 Å². The van der Waals surface area contributed by atoms with Crippen LogP contribution in [0.4, 0.5) is 0 Å². The van der Waals surface area contributed by atoms with Gasteiger partial charge in [-0.3, -0.25) is 0 Å². The van der Waals surface area contributed by atoms with Gasteiger partial charge in [0.05, 0.1) is 6.10 Å². The normalized spacial score (nSPS) is 15.3. The van der Waals surface area contributed by atoms with Crippen LogP contribution in [0, 0.1) is 17.4 Å². The Hall–Kier alpha value is -1.04. The van der Waals surface area contributed by atoms with Gasteiger partial charge in [-0.2, -0.15) is 0 Å². The maximum Gasteiger partial charge on any atom is 0.137 e. The zero-order chi connectivity index (χ0) is 14.7. The van der Waals surface area contributed by atoms with Gasteiger partial charge < -0.3 is 5.11 Å². The second kappa shape index (κ2) is 5.94. The molecular weight excluding hydrogens is 248 g/mol. The minimum absolute atomic E-state index is 0.0310. The van der Waals surface area contributed by atoms with Crippen LogP contribution in [0.2, 0.25) is 18.1 Å². The first-order chi connectivity index (χ1) is 8.65. The van der Waals surface area contributed by atoms with Crippen LogP contribution in [0.5, 0.6) is 0 Å². The van der Waals surface area contributed by atoms with Crippen molar-refractivity contribution in [2.75, 3.05) is 0 Å². The van der Waals surface area contributed by atoms with Crippen LogP contribution in [-0.4, -0.2) is 13.2 Å². The Morgan fingerprint density at radius 1 is 1.11 bits per heavy atom. The van der Waals surface area contributed by atoms with Crippen molar-refractivity contribution in [2.24, 2.45) is 5.92 Å². The van der Waals surface area contributed by atoms with E-state index >= 15 is 0 Å². The fraction of sp³-hybridized carbons (Fsp3) is 0.529. The topological polar surface area (TPSA) is 20.2 Å². The number of aliphatic hydroxyl groups is 1. The SMILES string of the molecule is C[C@@H](C#C[Si](C)(C)C(C)(C)C)[C@@H](O)c1ccccc1. The minimum atomic E-state index is -1.59. The molecule has 0 aliphatic heterocycles. The summed E-state index contributed by atoms with van der Waals surface area (Å²) in [6, 6.07) is 9.77. The summed E-state index contributed by atoms with van der Waals surface area (Å²) in [7, 11) is -1.59. The number of hydrogen-bond acceptors (Lipinski definition) is 1. The van der Waals surface area contributed by atoms with Gasteiger partial charge in [-0.05, 0) is 17.5 Å². The highest BCUT2D eigenvalue weighted by Crippen LogP contribution is 2.35. The second-order valence-electron chi connectivity index (χ2n) is 6.79. The Morgan fingerprint density at radius 3 is 2.11 bits per heavy atom. The zero-order valence-corrected chi connectivity index (χ0v) is 14.0. The van der Waals surface area contributed by atoms with E-state index in [1.807, 2.05) is 37.3 Å². The van der Waals surface area contributed by atoms with Crippen molar-refractivity contribution >= 4 is 8.07 Å². The molecule has 2 atom stereocenters. The summed E-state index contributed by atoms with van der Waals surface area (Å²) in [5, 5.41) is 10.6. The molecule has 1 rings (SSSR count). The number of aliphatic hydroxyl groups excluding tert-OH is 1. The van der Waals surface area contributed by atoms with Crippen molar-refractivity contribution in [3.8, 4) is 11.5 Å². The Kier molecular flexibility index (Phi) is 5.01. The summed E-state index contributed by atoms with van der Waals surface area (Å²) in [5.41, 5.74) is 4.42. The van der Waals surface area contributed by atoms with E-state index < -0.39 is 14.2 Å². The maximum absolute atomic E-state index is 10.3. The summed E-state index contributed by atoms with van der Waals surface area (Å²) < 4.78 is 0. The van der Waals surface area contributed by atoms with Gasteiger partial charge in [0.2, 0.25) is 0 Å². The monoisotopic (exact) mass is 274 g/mol. The summed E-state index contributed by atoms with van der Waals surface area (Å²) in [6.45, 7) is 13.4. The Labute approximate surface area is 119 Å². The van der Waals surface area contributed by atoms with Gasteiger partial charge >= 0.3 is 0 Å². The molecule has 19 heavy (non-hydrogen) atoms. The lowest BCUT2D eigenvalue weighted by Crippen LogP contribution is -2.35. The third kappa shape index (κ3) is 4.23. The summed E-state index contributed by atoms with van der Waals surface area (Å²) in [5.74, 6) is 3.26.